The van der Waals surface area contributed by atoms with Crippen LogP contribution in [-0.2, 0) is 0 Å². The highest BCUT2D eigenvalue weighted by Crippen LogP contribution is 2.28. The zero-order valence-corrected chi connectivity index (χ0v) is 17.1. The summed E-state index contributed by atoms with van der Waals surface area (Å²) in [4.78, 5) is 13.1. The van der Waals surface area contributed by atoms with E-state index in [1.807, 2.05) is 6.07 Å². The minimum absolute atomic E-state index is 0.166. The third kappa shape index (κ3) is 4.25. The van der Waals surface area contributed by atoms with Crippen LogP contribution in [0.5, 0.6) is 0 Å². The van der Waals surface area contributed by atoms with E-state index >= 15 is 0 Å². The van der Waals surface area contributed by atoms with Crippen LogP contribution in [0.2, 0.25) is 0 Å². The molecular formula is C22H17F3N8. The van der Waals surface area contributed by atoms with Crippen molar-refractivity contribution in [2.24, 2.45) is 0 Å². The number of anilines is 1. The summed E-state index contributed by atoms with van der Waals surface area (Å²) in [5.41, 5.74) is 9.23. The molecule has 11 heteroatoms. The van der Waals surface area contributed by atoms with Crippen LogP contribution in [0.25, 0.3) is 28.2 Å². The molecule has 0 amide bonds. The van der Waals surface area contributed by atoms with Crippen LogP contribution in [0.15, 0.2) is 67.4 Å². The lowest BCUT2D eigenvalue weighted by Gasteiger charge is -2.17. The molecule has 0 saturated heterocycles. The highest BCUT2D eigenvalue weighted by molar-refractivity contribution is 5.66. The van der Waals surface area contributed by atoms with E-state index in [1.54, 1.807) is 35.4 Å². The lowest BCUT2D eigenvalue weighted by atomic mass is 10.0. The summed E-state index contributed by atoms with van der Waals surface area (Å²) in [7, 11) is 0. The van der Waals surface area contributed by atoms with Crippen LogP contribution in [0, 0.1) is 5.82 Å². The van der Waals surface area contributed by atoms with Crippen molar-refractivity contribution < 1.29 is 13.2 Å². The zero-order chi connectivity index (χ0) is 22.9. The number of aromatic nitrogens is 7. The quantitative estimate of drug-likeness (QED) is 0.420. The maximum Gasteiger partial charge on any atom is 0.241 e. The molecule has 2 N–H and O–H groups in total. The molecular weight excluding hydrogens is 433 g/mol. The highest BCUT2D eigenvalue weighted by Gasteiger charge is 2.21. The first-order chi connectivity index (χ1) is 16.0. The summed E-state index contributed by atoms with van der Waals surface area (Å²) in [5.74, 6) is -0.270. The minimum Gasteiger partial charge on any atom is -0.366 e. The second-order valence-electron chi connectivity index (χ2n) is 7.38. The number of fused-ring (bicyclic) bond motifs is 1. The fraction of sp³-hybridized carbons (Fsp3) is 0.136. The van der Waals surface area contributed by atoms with Crippen LogP contribution in [0.3, 0.4) is 0 Å². The predicted octanol–water partition coefficient (Wildman–Crippen LogP) is 4.02. The Morgan fingerprint density at radius 1 is 0.939 bits per heavy atom. The molecule has 5 rings (SSSR count). The first kappa shape index (κ1) is 20.6. The molecule has 0 aliphatic rings. The summed E-state index contributed by atoms with van der Waals surface area (Å²) in [6, 6.07) is 8.30. The number of nitrogens with two attached hydrogens (primary N) is 1. The summed E-state index contributed by atoms with van der Waals surface area (Å²) in [5, 5.41) is 8.32. The van der Waals surface area contributed by atoms with E-state index in [9.17, 15) is 13.2 Å². The van der Waals surface area contributed by atoms with Crippen LogP contribution in [0.1, 0.15) is 18.0 Å². The monoisotopic (exact) mass is 450 g/mol. The van der Waals surface area contributed by atoms with Gasteiger partial charge in [0.05, 0.1) is 36.0 Å². The molecule has 4 heterocycles. The fourth-order valence-electron chi connectivity index (χ4n) is 3.59. The topological polar surface area (TPSA) is 99.8 Å². The lowest BCUT2D eigenvalue weighted by Crippen LogP contribution is -2.14. The summed E-state index contributed by atoms with van der Waals surface area (Å²) < 4.78 is 42.8. The van der Waals surface area contributed by atoms with Crippen molar-refractivity contribution in [3.63, 3.8) is 0 Å². The Hall–Kier alpha value is -4.28. The van der Waals surface area contributed by atoms with E-state index in [1.165, 1.54) is 35.1 Å². The molecule has 5 aromatic rings. The highest BCUT2D eigenvalue weighted by atomic mass is 19.3. The van der Waals surface area contributed by atoms with Gasteiger partial charge in [0.1, 0.15) is 5.82 Å². The number of hydrogen-bond donors (Lipinski definition) is 1. The number of alkyl halides is 2. The Labute approximate surface area is 185 Å². The molecule has 1 unspecified atom stereocenters. The first-order valence-electron chi connectivity index (χ1n) is 9.99. The smallest absolute Gasteiger partial charge is 0.241 e. The van der Waals surface area contributed by atoms with Gasteiger partial charge in [0.15, 0.2) is 5.65 Å². The van der Waals surface area contributed by atoms with Crippen molar-refractivity contribution in [3.05, 3.63) is 78.8 Å². The Morgan fingerprint density at radius 2 is 1.70 bits per heavy atom. The SMILES string of the molecule is Nc1nc2cc(-c3cncc(-c4cnn(C(CC(F)F)c5ccc(F)cc5)c4)n3)ccn2n1. The van der Waals surface area contributed by atoms with Crippen LogP contribution >= 0.6 is 0 Å². The molecule has 8 nitrogen and oxygen atoms in total. The number of pyridine rings is 1. The van der Waals surface area contributed by atoms with E-state index in [2.05, 4.69) is 25.1 Å². The second kappa shape index (κ2) is 8.34. The van der Waals surface area contributed by atoms with Gasteiger partial charge >= 0.3 is 0 Å². The van der Waals surface area contributed by atoms with Crippen molar-refractivity contribution in [3.8, 4) is 22.5 Å². The molecule has 4 aromatic heterocycles. The lowest BCUT2D eigenvalue weighted by molar-refractivity contribution is 0.121. The number of nitrogen functional groups attached to an aromatic ring is 1. The molecule has 166 valence electrons. The molecule has 0 bridgehead atoms. The van der Waals surface area contributed by atoms with Crippen molar-refractivity contribution >= 4 is 11.6 Å². The molecule has 0 saturated carbocycles. The van der Waals surface area contributed by atoms with Crippen molar-refractivity contribution in [2.45, 2.75) is 18.9 Å². The van der Waals surface area contributed by atoms with E-state index in [4.69, 9.17) is 5.73 Å². The number of halogens is 3. The maximum absolute atomic E-state index is 13.3. The van der Waals surface area contributed by atoms with Gasteiger partial charge in [-0.15, -0.1) is 5.10 Å². The van der Waals surface area contributed by atoms with Gasteiger partial charge in [0.25, 0.3) is 0 Å². The number of hydrogen-bond acceptors (Lipinski definition) is 6. The minimum atomic E-state index is -2.56. The molecule has 0 fully saturated rings. The third-order valence-electron chi connectivity index (χ3n) is 5.16. The van der Waals surface area contributed by atoms with Crippen LogP contribution < -0.4 is 5.73 Å². The molecule has 1 atom stereocenters. The molecule has 0 aliphatic heterocycles. The van der Waals surface area contributed by atoms with Crippen molar-refractivity contribution in [1.82, 2.24) is 34.3 Å². The summed E-state index contributed by atoms with van der Waals surface area (Å²) >= 11 is 0. The van der Waals surface area contributed by atoms with Gasteiger partial charge in [-0.05, 0) is 29.8 Å². The maximum atomic E-state index is 13.3. The number of benzene rings is 1. The average molecular weight is 450 g/mol. The average Bonchev–Trinajstić information content (AvgIpc) is 3.44. The van der Waals surface area contributed by atoms with E-state index in [0.29, 0.717) is 28.2 Å². The predicted molar refractivity (Wildman–Crippen MR) is 115 cm³/mol. The molecule has 1 aromatic carbocycles. The Bertz CT molecular complexity index is 1410. The van der Waals surface area contributed by atoms with E-state index in [-0.39, 0.29) is 5.95 Å². The number of nitrogens with zero attached hydrogens (tertiary/aromatic N) is 7. The first-order valence-corrected chi connectivity index (χ1v) is 9.99. The van der Waals surface area contributed by atoms with E-state index in [0.717, 1.165) is 5.56 Å². The summed E-state index contributed by atoms with van der Waals surface area (Å²) in [6.07, 6.45) is 5.05. The van der Waals surface area contributed by atoms with Crippen LogP contribution in [0.4, 0.5) is 19.1 Å². The van der Waals surface area contributed by atoms with Gasteiger partial charge in [0, 0.05) is 29.9 Å². The largest absolute Gasteiger partial charge is 0.366 e. The van der Waals surface area contributed by atoms with Gasteiger partial charge in [-0.2, -0.15) is 10.1 Å². The third-order valence-corrected chi connectivity index (χ3v) is 5.16. The van der Waals surface area contributed by atoms with Gasteiger partial charge in [-0.25, -0.2) is 22.7 Å². The Kier molecular flexibility index (Phi) is 5.21. The van der Waals surface area contributed by atoms with Crippen molar-refractivity contribution in [2.75, 3.05) is 5.73 Å². The normalized spacial score (nSPS) is 12.5. The fourth-order valence-corrected chi connectivity index (χ4v) is 3.59. The molecule has 0 spiro atoms. The van der Waals surface area contributed by atoms with E-state index < -0.39 is 24.7 Å². The van der Waals surface area contributed by atoms with Crippen LogP contribution in [-0.4, -0.2) is 40.8 Å². The van der Waals surface area contributed by atoms with Gasteiger partial charge < -0.3 is 5.73 Å². The Balaban J connectivity index is 1.47. The zero-order valence-electron chi connectivity index (χ0n) is 17.1. The Morgan fingerprint density at radius 3 is 2.45 bits per heavy atom. The molecule has 0 radical (unpaired) electrons. The molecule has 0 aliphatic carbocycles. The molecule has 33 heavy (non-hydrogen) atoms. The second-order valence-corrected chi connectivity index (χ2v) is 7.38. The standard InChI is InChI=1S/C22H17F3N8/c23-16-3-1-13(2-4-16)19(8-20(24)25)33-12-15(9-28-33)18-11-27-10-17(29-18)14-5-6-32-21(7-14)30-22(26)31-32/h1-7,9-12,19-20H,8H2,(H2,26,31). The van der Waals surface area contributed by atoms with Gasteiger partial charge in [0.2, 0.25) is 12.4 Å². The number of rotatable bonds is 6. The van der Waals surface area contributed by atoms with Gasteiger partial charge in [-0.3, -0.25) is 9.67 Å². The van der Waals surface area contributed by atoms with Crippen molar-refractivity contribution in [1.29, 1.82) is 0 Å². The summed E-state index contributed by atoms with van der Waals surface area (Å²) in [6.45, 7) is 0. The van der Waals surface area contributed by atoms with Gasteiger partial charge in [-0.1, -0.05) is 12.1 Å².